The van der Waals surface area contributed by atoms with Crippen molar-refractivity contribution in [3.8, 4) is 5.88 Å². The third kappa shape index (κ3) is 2.92. The molecule has 27 heavy (non-hydrogen) atoms. The summed E-state index contributed by atoms with van der Waals surface area (Å²) in [6, 6.07) is 6.72. The fourth-order valence-corrected chi connectivity index (χ4v) is 4.82. The molecule has 1 aromatic carbocycles. The van der Waals surface area contributed by atoms with Crippen LogP contribution in [0.4, 0.5) is 5.69 Å². The lowest BCUT2D eigenvalue weighted by Crippen LogP contribution is -2.50. The molecule has 0 aliphatic carbocycles. The highest BCUT2D eigenvalue weighted by molar-refractivity contribution is 6.00. The molecule has 142 valence electrons. The summed E-state index contributed by atoms with van der Waals surface area (Å²) in [5.41, 5.74) is 2.49. The van der Waals surface area contributed by atoms with Gasteiger partial charge in [-0.2, -0.15) is 0 Å². The average Bonchev–Trinajstić information content (AvgIpc) is 2.70. The molecular formula is C21H26N4O2. The SMILES string of the molecule is O=C1CCN1CCN1CCC(N2CCc3cnc(O)c4cccc2c34)CC1. The zero-order chi connectivity index (χ0) is 18.4. The molecule has 0 atom stereocenters. The quantitative estimate of drug-likeness (QED) is 0.839. The van der Waals surface area contributed by atoms with Crippen molar-refractivity contribution >= 4 is 22.4 Å². The molecule has 3 aliphatic rings. The van der Waals surface area contributed by atoms with Crippen LogP contribution in [0.2, 0.25) is 0 Å². The first-order valence-electron chi connectivity index (χ1n) is 10.1. The van der Waals surface area contributed by atoms with Crippen LogP contribution in [0, 0.1) is 0 Å². The number of benzene rings is 1. The standard InChI is InChI=1S/C21H26N4O2/c26-19-7-10-24(19)13-12-23-8-5-16(6-9-23)25-11-4-15-14-22-21(27)17-2-1-3-18(25)20(15)17/h1-3,14,16H,4-13H2,(H,22,27). The number of carbonyl (C=O) groups excluding carboxylic acids is 1. The monoisotopic (exact) mass is 366 g/mol. The number of likely N-dealkylation sites (tertiary alicyclic amines) is 2. The molecule has 4 heterocycles. The number of amides is 1. The normalized spacial score (nSPS) is 21.0. The zero-order valence-electron chi connectivity index (χ0n) is 15.6. The van der Waals surface area contributed by atoms with Crippen LogP contribution in [-0.4, -0.2) is 71.1 Å². The second-order valence-electron chi connectivity index (χ2n) is 7.95. The Balaban J connectivity index is 1.28. The van der Waals surface area contributed by atoms with Gasteiger partial charge in [0.1, 0.15) is 0 Å². The highest BCUT2D eigenvalue weighted by atomic mass is 16.3. The van der Waals surface area contributed by atoms with E-state index in [1.807, 2.05) is 23.2 Å². The molecular weight excluding hydrogens is 340 g/mol. The van der Waals surface area contributed by atoms with Crippen LogP contribution < -0.4 is 4.90 Å². The molecule has 6 nitrogen and oxygen atoms in total. The number of hydrogen-bond donors (Lipinski definition) is 1. The number of hydrogen-bond acceptors (Lipinski definition) is 5. The number of aromatic hydroxyl groups is 1. The van der Waals surface area contributed by atoms with Crippen molar-refractivity contribution in [2.75, 3.05) is 44.2 Å². The van der Waals surface area contributed by atoms with Gasteiger partial charge < -0.3 is 19.8 Å². The van der Waals surface area contributed by atoms with E-state index in [0.29, 0.717) is 11.9 Å². The van der Waals surface area contributed by atoms with Crippen molar-refractivity contribution in [3.63, 3.8) is 0 Å². The Bertz CT molecular complexity index is 876. The van der Waals surface area contributed by atoms with E-state index in [9.17, 15) is 9.90 Å². The van der Waals surface area contributed by atoms with Gasteiger partial charge in [-0.3, -0.25) is 4.79 Å². The Hall–Kier alpha value is -2.34. The van der Waals surface area contributed by atoms with Crippen LogP contribution in [0.3, 0.4) is 0 Å². The van der Waals surface area contributed by atoms with Gasteiger partial charge in [0.2, 0.25) is 11.8 Å². The Labute approximate surface area is 159 Å². The second kappa shape index (κ2) is 6.68. The van der Waals surface area contributed by atoms with E-state index in [1.165, 1.54) is 16.6 Å². The molecule has 0 radical (unpaired) electrons. The molecule has 0 spiro atoms. The minimum absolute atomic E-state index is 0.132. The molecule has 2 aromatic rings. The molecule has 2 saturated heterocycles. The summed E-state index contributed by atoms with van der Waals surface area (Å²) in [6.07, 6.45) is 5.85. The van der Waals surface area contributed by atoms with Gasteiger partial charge in [-0.25, -0.2) is 4.98 Å². The Morgan fingerprint density at radius 3 is 2.67 bits per heavy atom. The summed E-state index contributed by atoms with van der Waals surface area (Å²) >= 11 is 0. The van der Waals surface area contributed by atoms with Crippen LogP contribution in [0.1, 0.15) is 24.8 Å². The van der Waals surface area contributed by atoms with Crippen molar-refractivity contribution < 1.29 is 9.90 Å². The zero-order valence-corrected chi connectivity index (χ0v) is 15.6. The van der Waals surface area contributed by atoms with Gasteiger partial charge in [0.25, 0.3) is 0 Å². The van der Waals surface area contributed by atoms with Gasteiger partial charge in [-0.05, 0) is 37.0 Å². The molecule has 2 fully saturated rings. The topological polar surface area (TPSA) is 59.9 Å². The first-order chi connectivity index (χ1) is 13.2. The predicted molar refractivity (Wildman–Crippen MR) is 105 cm³/mol. The van der Waals surface area contributed by atoms with Crippen LogP contribution in [-0.2, 0) is 11.2 Å². The number of pyridine rings is 1. The number of rotatable bonds is 4. The van der Waals surface area contributed by atoms with E-state index >= 15 is 0 Å². The van der Waals surface area contributed by atoms with E-state index in [0.717, 1.165) is 70.3 Å². The molecule has 3 aliphatic heterocycles. The number of anilines is 1. The van der Waals surface area contributed by atoms with Crippen LogP contribution in [0.15, 0.2) is 24.4 Å². The minimum atomic E-state index is 0.132. The first kappa shape index (κ1) is 16.8. The summed E-state index contributed by atoms with van der Waals surface area (Å²) in [6.45, 7) is 6.02. The highest BCUT2D eigenvalue weighted by Crippen LogP contribution is 2.39. The molecule has 1 N–H and O–H groups in total. The summed E-state index contributed by atoms with van der Waals surface area (Å²) in [4.78, 5) is 22.6. The van der Waals surface area contributed by atoms with E-state index < -0.39 is 0 Å². The van der Waals surface area contributed by atoms with E-state index in [1.54, 1.807) is 0 Å². The third-order valence-electron chi connectivity index (χ3n) is 6.51. The van der Waals surface area contributed by atoms with Gasteiger partial charge in [-0.1, -0.05) is 6.07 Å². The molecule has 0 unspecified atom stereocenters. The van der Waals surface area contributed by atoms with Crippen LogP contribution in [0.5, 0.6) is 5.88 Å². The average molecular weight is 366 g/mol. The van der Waals surface area contributed by atoms with Gasteiger partial charge >= 0.3 is 0 Å². The Morgan fingerprint density at radius 2 is 1.93 bits per heavy atom. The lowest BCUT2D eigenvalue weighted by Gasteiger charge is -2.42. The molecule has 6 heteroatoms. The van der Waals surface area contributed by atoms with Crippen molar-refractivity contribution in [1.29, 1.82) is 0 Å². The third-order valence-corrected chi connectivity index (χ3v) is 6.51. The van der Waals surface area contributed by atoms with Gasteiger partial charge in [0.05, 0.1) is 0 Å². The summed E-state index contributed by atoms with van der Waals surface area (Å²) in [5.74, 6) is 0.440. The number of piperidine rings is 1. The fraction of sp³-hybridized carbons (Fsp3) is 0.524. The summed E-state index contributed by atoms with van der Waals surface area (Å²) < 4.78 is 0. The van der Waals surface area contributed by atoms with Crippen molar-refractivity contribution in [2.24, 2.45) is 0 Å². The van der Waals surface area contributed by atoms with Crippen molar-refractivity contribution in [2.45, 2.75) is 31.7 Å². The molecule has 0 bridgehead atoms. The highest BCUT2D eigenvalue weighted by Gasteiger charge is 2.30. The van der Waals surface area contributed by atoms with Crippen molar-refractivity contribution in [1.82, 2.24) is 14.8 Å². The summed E-state index contributed by atoms with van der Waals surface area (Å²) in [7, 11) is 0. The Morgan fingerprint density at radius 1 is 1.07 bits per heavy atom. The lowest BCUT2D eigenvalue weighted by atomic mass is 9.94. The number of carbonyl (C=O) groups is 1. The minimum Gasteiger partial charge on any atom is -0.493 e. The smallest absolute Gasteiger partial charge is 0.224 e. The number of aromatic nitrogens is 1. The maximum Gasteiger partial charge on any atom is 0.224 e. The second-order valence-corrected chi connectivity index (χ2v) is 7.95. The fourth-order valence-electron chi connectivity index (χ4n) is 4.82. The maximum absolute atomic E-state index is 11.5. The molecule has 1 aromatic heterocycles. The number of nitrogens with zero attached hydrogens (tertiary/aromatic N) is 4. The largest absolute Gasteiger partial charge is 0.493 e. The van der Waals surface area contributed by atoms with Gasteiger partial charge in [0, 0.05) is 74.4 Å². The van der Waals surface area contributed by atoms with E-state index in [-0.39, 0.29) is 5.88 Å². The predicted octanol–water partition coefficient (Wildman–Crippen LogP) is 2.00. The van der Waals surface area contributed by atoms with Crippen molar-refractivity contribution in [3.05, 3.63) is 30.0 Å². The Kier molecular flexibility index (Phi) is 4.16. The molecule has 1 amide bonds. The maximum atomic E-state index is 11.5. The lowest BCUT2D eigenvalue weighted by molar-refractivity contribution is -0.140. The summed E-state index contributed by atoms with van der Waals surface area (Å²) in [5, 5.41) is 12.2. The van der Waals surface area contributed by atoms with E-state index in [2.05, 4.69) is 20.9 Å². The number of β-lactam (4-membered cyclic amide) rings is 1. The van der Waals surface area contributed by atoms with Gasteiger partial charge in [0.15, 0.2) is 0 Å². The van der Waals surface area contributed by atoms with E-state index in [4.69, 9.17) is 0 Å². The molecule has 5 rings (SSSR count). The molecule has 0 saturated carbocycles. The van der Waals surface area contributed by atoms with Gasteiger partial charge in [-0.15, -0.1) is 0 Å². The van der Waals surface area contributed by atoms with Crippen LogP contribution in [0.25, 0.3) is 10.8 Å². The van der Waals surface area contributed by atoms with Crippen LogP contribution >= 0.6 is 0 Å². The first-order valence-corrected chi connectivity index (χ1v) is 10.1.